The van der Waals surface area contributed by atoms with E-state index in [1.54, 1.807) is 55.5 Å². The molecule has 3 N–H and O–H groups in total. The number of hydrogen-bond donors (Lipinski definition) is 3. The summed E-state index contributed by atoms with van der Waals surface area (Å²) in [6, 6.07) is 14.9. The maximum Gasteiger partial charge on any atom is 0.341 e. The Morgan fingerprint density at radius 2 is 1.66 bits per heavy atom. The molecule has 0 fully saturated rings. The molecular formula is C22H27N3O4. The van der Waals surface area contributed by atoms with Crippen LogP contribution in [0.25, 0.3) is 0 Å². The molecule has 7 nitrogen and oxygen atoms in total. The summed E-state index contributed by atoms with van der Waals surface area (Å²) in [4.78, 5) is 37.2. The zero-order chi connectivity index (χ0) is 21.1. The Hall–Kier alpha value is -3.35. The topological polar surface area (TPSA) is 96.5 Å². The molecule has 0 aromatic heterocycles. The number of carbonyl (C=O) groups excluding carboxylic acids is 3. The molecule has 0 aliphatic rings. The number of nitrogens with one attached hydrogen (secondary N) is 3. The largest absolute Gasteiger partial charge is 0.444 e. The van der Waals surface area contributed by atoms with Gasteiger partial charge in [-0.2, -0.15) is 0 Å². The average Bonchev–Trinajstić information content (AvgIpc) is 2.73. The molecule has 7 heteroatoms. The predicted octanol–water partition coefficient (Wildman–Crippen LogP) is 3.64. The number of rotatable bonds is 9. The number of esters is 1. The Balaban J connectivity index is 2.22. The summed E-state index contributed by atoms with van der Waals surface area (Å²) in [6.45, 7) is 4.91. The molecule has 0 aliphatic carbocycles. The first kappa shape index (κ1) is 21.9. The van der Waals surface area contributed by atoms with E-state index in [1.807, 2.05) is 6.07 Å². The summed E-state index contributed by atoms with van der Waals surface area (Å²) < 4.78 is 5.54. The van der Waals surface area contributed by atoms with Crippen LogP contribution in [0.3, 0.4) is 0 Å². The van der Waals surface area contributed by atoms with E-state index in [-0.39, 0.29) is 0 Å². The van der Waals surface area contributed by atoms with Gasteiger partial charge in [-0.3, -0.25) is 10.1 Å². The lowest BCUT2D eigenvalue weighted by Crippen LogP contribution is -2.42. The van der Waals surface area contributed by atoms with Crippen LogP contribution in [-0.4, -0.2) is 31.0 Å². The van der Waals surface area contributed by atoms with Crippen LogP contribution in [0.4, 0.5) is 10.5 Å². The van der Waals surface area contributed by atoms with Gasteiger partial charge in [0.05, 0.1) is 5.56 Å². The van der Waals surface area contributed by atoms with Crippen LogP contribution in [0.5, 0.6) is 0 Å². The average molecular weight is 397 g/mol. The van der Waals surface area contributed by atoms with E-state index in [2.05, 4.69) is 22.9 Å². The third kappa shape index (κ3) is 6.64. The van der Waals surface area contributed by atoms with Crippen LogP contribution in [0.15, 0.2) is 54.6 Å². The maximum atomic E-state index is 12.9. The summed E-state index contributed by atoms with van der Waals surface area (Å²) in [7, 11) is 0. The Morgan fingerprint density at radius 3 is 2.34 bits per heavy atom. The van der Waals surface area contributed by atoms with Crippen molar-refractivity contribution < 1.29 is 19.1 Å². The normalized spacial score (nSPS) is 11.2. The van der Waals surface area contributed by atoms with Crippen LogP contribution in [0.1, 0.15) is 48.7 Å². The van der Waals surface area contributed by atoms with E-state index in [4.69, 9.17) is 4.74 Å². The van der Waals surface area contributed by atoms with Crippen molar-refractivity contribution in [1.29, 1.82) is 0 Å². The molecule has 1 atom stereocenters. The zero-order valence-corrected chi connectivity index (χ0v) is 16.7. The Bertz CT molecular complexity index is 824. The quantitative estimate of drug-likeness (QED) is 0.443. The fourth-order valence-corrected chi connectivity index (χ4v) is 2.67. The monoisotopic (exact) mass is 397 g/mol. The van der Waals surface area contributed by atoms with Gasteiger partial charge in [-0.05, 0) is 25.5 Å². The number of ether oxygens (including phenoxy) is 1. The number of imide groups is 1. The predicted molar refractivity (Wildman–Crippen MR) is 112 cm³/mol. The van der Waals surface area contributed by atoms with Crippen molar-refractivity contribution >= 4 is 23.6 Å². The van der Waals surface area contributed by atoms with Crippen LogP contribution in [-0.2, 0) is 9.53 Å². The fraction of sp³-hybridized carbons (Fsp3) is 0.318. The van der Waals surface area contributed by atoms with Crippen molar-refractivity contribution in [2.24, 2.45) is 0 Å². The molecule has 154 valence electrons. The lowest BCUT2D eigenvalue weighted by Gasteiger charge is -2.19. The van der Waals surface area contributed by atoms with Gasteiger partial charge in [-0.15, -0.1) is 0 Å². The van der Waals surface area contributed by atoms with E-state index in [0.717, 1.165) is 19.4 Å². The molecular weight excluding hydrogens is 370 g/mol. The lowest BCUT2D eigenvalue weighted by molar-refractivity contribution is -0.129. The van der Waals surface area contributed by atoms with Crippen molar-refractivity contribution in [2.45, 2.75) is 32.8 Å². The Morgan fingerprint density at radius 1 is 0.966 bits per heavy atom. The summed E-state index contributed by atoms with van der Waals surface area (Å²) in [5.74, 6) is -1.36. The zero-order valence-electron chi connectivity index (χ0n) is 16.7. The van der Waals surface area contributed by atoms with E-state index in [1.165, 1.54) is 0 Å². The van der Waals surface area contributed by atoms with Crippen LogP contribution in [0.2, 0.25) is 0 Å². The SMILES string of the molecule is CCCCNc1ccccc1C(=O)O[C@H](C(=O)NC(=O)NCC)c1ccccc1. The van der Waals surface area contributed by atoms with E-state index < -0.39 is 24.0 Å². The molecule has 0 heterocycles. The highest BCUT2D eigenvalue weighted by atomic mass is 16.5. The number of para-hydroxylation sites is 1. The second-order valence-corrected chi connectivity index (χ2v) is 6.37. The second-order valence-electron chi connectivity index (χ2n) is 6.37. The first-order valence-corrected chi connectivity index (χ1v) is 9.74. The van der Waals surface area contributed by atoms with E-state index in [0.29, 0.717) is 23.4 Å². The van der Waals surface area contributed by atoms with Gasteiger partial charge in [-0.25, -0.2) is 9.59 Å². The number of benzene rings is 2. The molecule has 2 rings (SSSR count). The van der Waals surface area contributed by atoms with Gasteiger partial charge in [0, 0.05) is 24.3 Å². The third-order valence-electron chi connectivity index (χ3n) is 4.13. The Labute approximate surface area is 170 Å². The number of amides is 3. The van der Waals surface area contributed by atoms with Crippen molar-refractivity contribution in [3.05, 3.63) is 65.7 Å². The fourth-order valence-electron chi connectivity index (χ4n) is 2.67. The Kier molecular flexibility index (Phi) is 8.69. The highest BCUT2D eigenvalue weighted by Crippen LogP contribution is 2.23. The minimum atomic E-state index is -1.25. The summed E-state index contributed by atoms with van der Waals surface area (Å²) in [6.07, 6.45) is 0.732. The number of urea groups is 1. The third-order valence-corrected chi connectivity index (χ3v) is 4.13. The number of carbonyl (C=O) groups is 3. The van der Waals surface area contributed by atoms with Crippen LogP contribution < -0.4 is 16.0 Å². The van der Waals surface area contributed by atoms with Crippen molar-refractivity contribution in [3.63, 3.8) is 0 Å². The summed E-state index contributed by atoms with van der Waals surface area (Å²) in [5, 5.41) is 7.92. The van der Waals surface area contributed by atoms with Crippen molar-refractivity contribution in [1.82, 2.24) is 10.6 Å². The first-order chi connectivity index (χ1) is 14.1. The van der Waals surface area contributed by atoms with Gasteiger partial charge in [0.15, 0.2) is 0 Å². The molecule has 29 heavy (non-hydrogen) atoms. The van der Waals surface area contributed by atoms with Gasteiger partial charge >= 0.3 is 12.0 Å². The molecule has 0 bridgehead atoms. The summed E-state index contributed by atoms with van der Waals surface area (Å²) >= 11 is 0. The standard InChI is InChI=1S/C22H27N3O4/c1-3-5-15-24-18-14-10-9-13-17(18)21(27)29-19(16-11-7-6-8-12-16)20(26)25-22(28)23-4-2/h6-14,19,24H,3-5,15H2,1-2H3,(H2,23,25,26,28)/t19-/m0/s1. The number of anilines is 1. The first-order valence-electron chi connectivity index (χ1n) is 9.74. The molecule has 0 unspecified atom stereocenters. The van der Waals surface area contributed by atoms with Gasteiger partial charge in [0.1, 0.15) is 0 Å². The van der Waals surface area contributed by atoms with E-state index in [9.17, 15) is 14.4 Å². The molecule has 0 saturated carbocycles. The van der Waals surface area contributed by atoms with E-state index >= 15 is 0 Å². The van der Waals surface area contributed by atoms with Gasteiger partial charge in [0.25, 0.3) is 5.91 Å². The molecule has 2 aromatic carbocycles. The number of hydrogen-bond acceptors (Lipinski definition) is 5. The molecule has 0 spiro atoms. The highest BCUT2D eigenvalue weighted by molar-refractivity contribution is 6.00. The molecule has 0 saturated heterocycles. The highest BCUT2D eigenvalue weighted by Gasteiger charge is 2.27. The molecule has 2 aromatic rings. The van der Waals surface area contributed by atoms with Crippen LogP contribution >= 0.6 is 0 Å². The van der Waals surface area contributed by atoms with Gasteiger partial charge in [0.2, 0.25) is 6.10 Å². The van der Waals surface area contributed by atoms with Crippen molar-refractivity contribution in [3.8, 4) is 0 Å². The minimum absolute atomic E-state index is 0.329. The van der Waals surface area contributed by atoms with Crippen molar-refractivity contribution in [2.75, 3.05) is 18.4 Å². The van der Waals surface area contributed by atoms with Gasteiger partial charge in [-0.1, -0.05) is 55.8 Å². The maximum absolute atomic E-state index is 12.9. The lowest BCUT2D eigenvalue weighted by atomic mass is 10.1. The van der Waals surface area contributed by atoms with Gasteiger partial charge < -0.3 is 15.4 Å². The minimum Gasteiger partial charge on any atom is -0.444 e. The molecule has 0 radical (unpaired) electrons. The molecule has 0 aliphatic heterocycles. The summed E-state index contributed by atoms with van der Waals surface area (Å²) in [5.41, 5.74) is 1.44. The second kappa shape index (κ2) is 11.5. The smallest absolute Gasteiger partial charge is 0.341 e. The number of unbranched alkanes of at least 4 members (excludes halogenated alkanes) is 1. The molecule has 3 amide bonds. The van der Waals surface area contributed by atoms with Crippen LogP contribution in [0, 0.1) is 0 Å².